The molecule has 0 radical (unpaired) electrons. The van der Waals surface area contributed by atoms with Gasteiger partial charge in [-0.15, -0.1) is 0 Å². The number of carbonyl (C=O) groups excluding carboxylic acids is 1. The van der Waals surface area contributed by atoms with E-state index in [4.69, 9.17) is 10.2 Å². The summed E-state index contributed by atoms with van der Waals surface area (Å²) in [5.74, 6) is -1.24. The number of hydrogen-bond donors (Lipinski definition) is 4. The Morgan fingerprint density at radius 2 is 1.55 bits per heavy atom. The van der Waals surface area contributed by atoms with Crippen molar-refractivity contribution in [3.05, 3.63) is 0 Å². The number of carbonyl (C=O) groups is 3. The third-order valence-electron chi connectivity index (χ3n) is 3.81. The highest BCUT2D eigenvalue weighted by atomic mass is 16.4. The highest BCUT2D eigenvalue weighted by Gasteiger charge is 2.42. The molecule has 2 fully saturated rings. The number of hydrogen-bond acceptors (Lipinski definition) is 3. The van der Waals surface area contributed by atoms with Crippen LogP contribution in [0.3, 0.4) is 0 Å². The third kappa shape index (κ3) is 4.40. The number of carboxylic acid groups (broad SMARTS) is 2. The van der Waals surface area contributed by atoms with Crippen molar-refractivity contribution in [1.82, 2.24) is 10.6 Å². The van der Waals surface area contributed by atoms with E-state index in [-0.39, 0.29) is 18.9 Å². The van der Waals surface area contributed by atoms with Gasteiger partial charge in [-0.2, -0.15) is 0 Å². The number of urea groups is 1. The lowest BCUT2D eigenvalue weighted by atomic mass is 10.1. The van der Waals surface area contributed by atoms with Crippen LogP contribution in [0.4, 0.5) is 4.79 Å². The summed E-state index contributed by atoms with van der Waals surface area (Å²) in [5.41, 5.74) is 0. The van der Waals surface area contributed by atoms with Crippen LogP contribution in [-0.2, 0) is 9.59 Å². The van der Waals surface area contributed by atoms with Crippen LogP contribution in [0.15, 0.2) is 0 Å². The maximum absolute atomic E-state index is 11.8. The molecule has 0 heterocycles. The largest absolute Gasteiger partial charge is 0.481 e. The van der Waals surface area contributed by atoms with Gasteiger partial charge in [0.1, 0.15) is 6.04 Å². The zero-order valence-corrected chi connectivity index (χ0v) is 11.2. The van der Waals surface area contributed by atoms with Gasteiger partial charge in [0.05, 0.1) is 0 Å². The molecule has 0 aromatic rings. The van der Waals surface area contributed by atoms with Crippen LogP contribution in [-0.4, -0.2) is 40.3 Å². The topological polar surface area (TPSA) is 116 Å². The molecule has 0 bridgehead atoms. The van der Waals surface area contributed by atoms with E-state index in [1.165, 1.54) is 0 Å². The van der Waals surface area contributed by atoms with Gasteiger partial charge >= 0.3 is 18.0 Å². The molecule has 4 N–H and O–H groups in total. The minimum atomic E-state index is -1.21. The van der Waals surface area contributed by atoms with Gasteiger partial charge in [-0.1, -0.05) is 0 Å². The molecule has 0 aromatic heterocycles. The van der Waals surface area contributed by atoms with Crippen LogP contribution in [0.25, 0.3) is 0 Å². The molecule has 2 amide bonds. The van der Waals surface area contributed by atoms with Crippen LogP contribution in [0, 0.1) is 11.8 Å². The van der Waals surface area contributed by atoms with Gasteiger partial charge in [0, 0.05) is 12.5 Å². The van der Waals surface area contributed by atoms with Crippen molar-refractivity contribution >= 4 is 18.0 Å². The fourth-order valence-corrected chi connectivity index (χ4v) is 2.41. The van der Waals surface area contributed by atoms with Crippen molar-refractivity contribution in [3.63, 3.8) is 0 Å². The summed E-state index contributed by atoms with van der Waals surface area (Å²) in [4.78, 5) is 33.3. The minimum Gasteiger partial charge on any atom is -0.481 e. The van der Waals surface area contributed by atoms with Crippen molar-refractivity contribution in [2.75, 3.05) is 0 Å². The Morgan fingerprint density at radius 3 is 1.95 bits per heavy atom. The lowest BCUT2D eigenvalue weighted by Crippen LogP contribution is -2.50. The van der Waals surface area contributed by atoms with E-state index >= 15 is 0 Å². The second-order valence-corrected chi connectivity index (χ2v) is 5.64. The summed E-state index contributed by atoms with van der Waals surface area (Å²) in [7, 11) is 0. The molecule has 2 aliphatic rings. The zero-order chi connectivity index (χ0) is 14.7. The summed E-state index contributed by atoms with van der Waals surface area (Å²) in [5, 5.41) is 22.7. The second-order valence-electron chi connectivity index (χ2n) is 5.64. The van der Waals surface area contributed by atoms with E-state index in [0.717, 1.165) is 25.7 Å². The zero-order valence-electron chi connectivity index (χ0n) is 11.2. The molecular weight excluding hydrogens is 264 g/mol. The predicted octanol–water partition coefficient (Wildman–Crippen LogP) is 0.792. The number of carboxylic acids is 2. The van der Waals surface area contributed by atoms with Crippen molar-refractivity contribution in [2.24, 2.45) is 11.8 Å². The smallest absolute Gasteiger partial charge is 0.326 e. The standard InChI is InChI=1S/C13H20N2O5/c16-10(17)6-5-9(12(18)19)14-13(20)15-11(7-1-2-7)8-3-4-8/h7-9,11H,1-6H2,(H,16,17)(H,18,19)(H2,14,15,20)/t9-/m0/s1. The van der Waals surface area contributed by atoms with E-state index in [1.54, 1.807) is 0 Å². The fourth-order valence-electron chi connectivity index (χ4n) is 2.41. The van der Waals surface area contributed by atoms with Gasteiger partial charge in [0.15, 0.2) is 0 Å². The fraction of sp³-hybridized carbons (Fsp3) is 0.769. The molecule has 112 valence electrons. The molecule has 7 nitrogen and oxygen atoms in total. The quantitative estimate of drug-likeness (QED) is 0.526. The van der Waals surface area contributed by atoms with Gasteiger partial charge in [0.25, 0.3) is 0 Å². The first-order valence-electron chi connectivity index (χ1n) is 6.99. The van der Waals surface area contributed by atoms with E-state index in [9.17, 15) is 14.4 Å². The molecule has 7 heteroatoms. The molecule has 0 aliphatic heterocycles. The summed E-state index contributed by atoms with van der Waals surface area (Å²) >= 11 is 0. The SMILES string of the molecule is O=C(O)CC[C@H](NC(=O)NC(C1CC1)C1CC1)C(=O)O. The number of rotatable bonds is 8. The Hall–Kier alpha value is -1.79. The first-order chi connectivity index (χ1) is 9.47. The van der Waals surface area contributed by atoms with Crippen molar-refractivity contribution in [1.29, 1.82) is 0 Å². The second kappa shape index (κ2) is 6.11. The van der Waals surface area contributed by atoms with E-state index in [2.05, 4.69) is 10.6 Å². The summed E-state index contributed by atoms with van der Waals surface area (Å²) in [6.45, 7) is 0. The van der Waals surface area contributed by atoms with Gasteiger partial charge < -0.3 is 20.8 Å². The molecule has 1 atom stereocenters. The molecule has 0 unspecified atom stereocenters. The highest BCUT2D eigenvalue weighted by molar-refractivity contribution is 5.83. The summed E-state index contributed by atoms with van der Waals surface area (Å²) < 4.78 is 0. The monoisotopic (exact) mass is 284 g/mol. The van der Waals surface area contributed by atoms with Crippen LogP contribution in [0.2, 0.25) is 0 Å². The molecule has 20 heavy (non-hydrogen) atoms. The van der Waals surface area contributed by atoms with Crippen LogP contribution in [0.5, 0.6) is 0 Å². The lowest BCUT2D eigenvalue weighted by molar-refractivity contribution is -0.140. The maximum Gasteiger partial charge on any atom is 0.326 e. The lowest BCUT2D eigenvalue weighted by Gasteiger charge is -2.20. The van der Waals surface area contributed by atoms with Gasteiger partial charge in [0.2, 0.25) is 0 Å². The van der Waals surface area contributed by atoms with Crippen LogP contribution < -0.4 is 10.6 Å². The molecule has 2 rings (SSSR count). The molecule has 0 saturated heterocycles. The number of amides is 2. The summed E-state index contributed by atoms with van der Waals surface area (Å²) in [6, 6.07) is -1.53. The van der Waals surface area contributed by atoms with E-state index in [1.807, 2.05) is 0 Å². The van der Waals surface area contributed by atoms with Crippen LogP contribution in [0.1, 0.15) is 38.5 Å². The molecule has 2 aliphatic carbocycles. The van der Waals surface area contributed by atoms with Gasteiger partial charge in [-0.3, -0.25) is 4.79 Å². The average molecular weight is 284 g/mol. The van der Waals surface area contributed by atoms with Crippen molar-refractivity contribution in [2.45, 2.75) is 50.6 Å². The maximum atomic E-state index is 11.8. The average Bonchev–Trinajstić information content (AvgIpc) is 3.24. The predicted molar refractivity (Wildman–Crippen MR) is 69.2 cm³/mol. The Balaban J connectivity index is 1.80. The summed E-state index contributed by atoms with van der Waals surface area (Å²) in [6.07, 6.45) is 4.05. The Bertz CT molecular complexity index is 392. The first-order valence-corrected chi connectivity index (χ1v) is 6.99. The Morgan fingerprint density at radius 1 is 1.00 bits per heavy atom. The molecule has 2 saturated carbocycles. The van der Waals surface area contributed by atoms with E-state index in [0.29, 0.717) is 11.8 Å². The van der Waals surface area contributed by atoms with Crippen molar-refractivity contribution in [3.8, 4) is 0 Å². The Labute approximate surface area is 116 Å². The minimum absolute atomic E-state index is 0.115. The van der Waals surface area contributed by atoms with Gasteiger partial charge in [-0.25, -0.2) is 9.59 Å². The molecule has 0 aromatic carbocycles. The number of nitrogens with one attached hydrogen (secondary N) is 2. The molecule has 0 spiro atoms. The highest BCUT2D eigenvalue weighted by Crippen LogP contribution is 2.44. The van der Waals surface area contributed by atoms with E-state index < -0.39 is 24.0 Å². The Kier molecular flexibility index (Phi) is 4.46. The third-order valence-corrected chi connectivity index (χ3v) is 3.81. The van der Waals surface area contributed by atoms with Gasteiger partial charge in [-0.05, 0) is 43.9 Å². The normalized spacial score (nSPS) is 19.4. The number of aliphatic carboxylic acids is 2. The first kappa shape index (κ1) is 14.6. The molecular formula is C13H20N2O5. The van der Waals surface area contributed by atoms with Crippen molar-refractivity contribution < 1.29 is 24.6 Å². The van der Waals surface area contributed by atoms with Crippen LogP contribution >= 0.6 is 0 Å².